The van der Waals surface area contributed by atoms with Gasteiger partial charge >= 0.3 is 0 Å². The lowest BCUT2D eigenvalue weighted by molar-refractivity contribution is 0.628. The Morgan fingerprint density at radius 3 is 2.88 bits per heavy atom. The third-order valence-electron chi connectivity index (χ3n) is 3.13. The van der Waals surface area contributed by atoms with Crippen molar-refractivity contribution in [2.75, 3.05) is 18.5 Å². The van der Waals surface area contributed by atoms with Gasteiger partial charge in [0.1, 0.15) is 0 Å². The van der Waals surface area contributed by atoms with Gasteiger partial charge in [0, 0.05) is 23.9 Å². The Morgan fingerprint density at radius 1 is 1.35 bits per heavy atom. The largest absolute Gasteiger partial charge is 0.355 e. The number of hydrogen-bond acceptors (Lipinski definition) is 4. The molecule has 0 aliphatic rings. The zero-order valence-corrected chi connectivity index (χ0v) is 10.3. The van der Waals surface area contributed by atoms with Gasteiger partial charge in [0.2, 0.25) is 0 Å². The van der Waals surface area contributed by atoms with Gasteiger partial charge in [-0.3, -0.25) is 0 Å². The summed E-state index contributed by atoms with van der Waals surface area (Å²) in [4.78, 5) is 2.14. The van der Waals surface area contributed by atoms with Gasteiger partial charge in [0.15, 0.2) is 5.82 Å². The Labute approximate surface area is 101 Å². The van der Waals surface area contributed by atoms with E-state index in [1.165, 1.54) is 0 Å². The third kappa shape index (κ3) is 2.36. The first-order chi connectivity index (χ1) is 8.24. The number of aromatic nitrogens is 2. The SMILES string of the molecule is CC(CCN)N(C)c1nncc2ccccc12. The van der Waals surface area contributed by atoms with Gasteiger partial charge in [-0.15, -0.1) is 5.10 Å². The lowest BCUT2D eigenvalue weighted by atomic mass is 10.1. The Morgan fingerprint density at radius 2 is 2.12 bits per heavy atom. The Hall–Kier alpha value is -1.68. The molecule has 0 bridgehead atoms. The average Bonchev–Trinajstić information content (AvgIpc) is 2.37. The van der Waals surface area contributed by atoms with E-state index in [9.17, 15) is 0 Å². The monoisotopic (exact) mass is 230 g/mol. The molecule has 1 unspecified atom stereocenters. The maximum atomic E-state index is 5.60. The second kappa shape index (κ2) is 5.10. The van der Waals surface area contributed by atoms with Crippen molar-refractivity contribution in [1.82, 2.24) is 10.2 Å². The molecule has 0 radical (unpaired) electrons. The Kier molecular flexibility index (Phi) is 3.54. The quantitative estimate of drug-likeness (QED) is 0.870. The molecule has 0 amide bonds. The van der Waals surface area contributed by atoms with E-state index < -0.39 is 0 Å². The Bertz CT molecular complexity index is 492. The molecule has 0 saturated carbocycles. The summed E-state index contributed by atoms with van der Waals surface area (Å²) in [5.74, 6) is 0.920. The first kappa shape index (κ1) is 11.8. The van der Waals surface area contributed by atoms with Crippen LogP contribution in [0.5, 0.6) is 0 Å². The fourth-order valence-electron chi connectivity index (χ4n) is 1.92. The van der Waals surface area contributed by atoms with Crippen molar-refractivity contribution >= 4 is 16.6 Å². The van der Waals surface area contributed by atoms with Crippen LogP contribution in [0.25, 0.3) is 10.8 Å². The molecule has 2 N–H and O–H groups in total. The number of nitrogens with two attached hydrogens (primary N) is 1. The summed E-state index contributed by atoms with van der Waals surface area (Å²) in [5, 5.41) is 10.5. The van der Waals surface area contributed by atoms with Crippen molar-refractivity contribution in [3.8, 4) is 0 Å². The van der Waals surface area contributed by atoms with Crippen molar-refractivity contribution < 1.29 is 0 Å². The number of benzene rings is 1. The van der Waals surface area contributed by atoms with E-state index in [-0.39, 0.29) is 0 Å². The van der Waals surface area contributed by atoms with E-state index in [1.807, 2.05) is 19.2 Å². The molecule has 2 aromatic rings. The van der Waals surface area contributed by atoms with Gasteiger partial charge in [0.25, 0.3) is 0 Å². The van der Waals surface area contributed by atoms with Crippen molar-refractivity contribution in [3.63, 3.8) is 0 Å². The molecule has 4 nitrogen and oxygen atoms in total. The molecule has 0 spiro atoms. The highest BCUT2D eigenvalue weighted by molar-refractivity contribution is 5.91. The molecule has 90 valence electrons. The van der Waals surface area contributed by atoms with Crippen molar-refractivity contribution in [1.29, 1.82) is 0 Å². The van der Waals surface area contributed by atoms with Gasteiger partial charge in [0.05, 0.1) is 6.20 Å². The first-order valence-electron chi connectivity index (χ1n) is 5.87. The topological polar surface area (TPSA) is 55.0 Å². The second-order valence-electron chi connectivity index (χ2n) is 4.29. The minimum absolute atomic E-state index is 0.361. The third-order valence-corrected chi connectivity index (χ3v) is 3.13. The number of anilines is 1. The molecule has 0 fully saturated rings. The van der Waals surface area contributed by atoms with Crippen molar-refractivity contribution in [3.05, 3.63) is 30.5 Å². The summed E-state index contributed by atoms with van der Waals surface area (Å²) >= 11 is 0. The molecular weight excluding hydrogens is 212 g/mol. The maximum Gasteiger partial charge on any atom is 0.159 e. The number of rotatable bonds is 4. The van der Waals surface area contributed by atoms with Gasteiger partial charge in [-0.25, -0.2) is 0 Å². The first-order valence-corrected chi connectivity index (χ1v) is 5.87. The smallest absolute Gasteiger partial charge is 0.159 e. The standard InChI is InChI=1S/C13H18N4/c1-10(7-8-14)17(2)13-12-6-4-3-5-11(12)9-15-16-13/h3-6,9-10H,7-8,14H2,1-2H3. The van der Waals surface area contributed by atoms with Gasteiger partial charge in [-0.05, 0) is 19.9 Å². The summed E-state index contributed by atoms with van der Waals surface area (Å²) in [6.45, 7) is 2.83. The summed E-state index contributed by atoms with van der Waals surface area (Å²) in [6.07, 6.45) is 2.74. The average molecular weight is 230 g/mol. The summed E-state index contributed by atoms with van der Waals surface area (Å²) in [7, 11) is 2.04. The second-order valence-corrected chi connectivity index (χ2v) is 4.29. The van der Waals surface area contributed by atoms with Crippen LogP contribution in [0.4, 0.5) is 5.82 Å². The Balaban J connectivity index is 2.41. The van der Waals surface area contributed by atoms with Gasteiger partial charge < -0.3 is 10.6 Å². The lowest BCUT2D eigenvalue weighted by Gasteiger charge is -2.26. The predicted octanol–water partition coefficient (Wildman–Crippen LogP) is 1.80. The van der Waals surface area contributed by atoms with Gasteiger partial charge in [-0.1, -0.05) is 24.3 Å². The van der Waals surface area contributed by atoms with Crippen LogP contribution in [0.1, 0.15) is 13.3 Å². The zero-order chi connectivity index (χ0) is 12.3. The van der Waals surface area contributed by atoms with E-state index in [2.05, 4.69) is 34.2 Å². The van der Waals surface area contributed by atoms with Crippen LogP contribution in [-0.4, -0.2) is 29.8 Å². The molecule has 1 aromatic heterocycles. The van der Waals surface area contributed by atoms with Gasteiger partial charge in [-0.2, -0.15) is 5.10 Å². The molecule has 1 aromatic carbocycles. The van der Waals surface area contributed by atoms with E-state index in [4.69, 9.17) is 5.73 Å². The predicted molar refractivity (Wildman–Crippen MR) is 71.1 cm³/mol. The molecule has 0 saturated heterocycles. The van der Waals surface area contributed by atoms with Crippen LogP contribution in [-0.2, 0) is 0 Å². The zero-order valence-electron chi connectivity index (χ0n) is 10.3. The summed E-state index contributed by atoms with van der Waals surface area (Å²) in [6, 6.07) is 8.52. The molecule has 4 heteroatoms. The number of fused-ring (bicyclic) bond motifs is 1. The van der Waals surface area contributed by atoms with E-state index in [1.54, 1.807) is 6.20 Å². The number of nitrogens with zero attached hydrogens (tertiary/aromatic N) is 3. The molecule has 2 rings (SSSR count). The summed E-state index contributed by atoms with van der Waals surface area (Å²) < 4.78 is 0. The summed E-state index contributed by atoms with van der Waals surface area (Å²) in [5.41, 5.74) is 5.60. The molecule has 17 heavy (non-hydrogen) atoms. The highest BCUT2D eigenvalue weighted by atomic mass is 15.3. The van der Waals surface area contributed by atoms with Crippen LogP contribution < -0.4 is 10.6 Å². The van der Waals surface area contributed by atoms with Crippen LogP contribution in [0.15, 0.2) is 30.5 Å². The van der Waals surface area contributed by atoms with Crippen LogP contribution in [0.3, 0.4) is 0 Å². The van der Waals surface area contributed by atoms with Crippen molar-refractivity contribution in [2.45, 2.75) is 19.4 Å². The van der Waals surface area contributed by atoms with E-state index in [0.29, 0.717) is 12.6 Å². The van der Waals surface area contributed by atoms with Crippen LogP contribution in [0.2, 0.25) is 0 Å². The minimum atomic E-state index is 0.361. The van der Waals surface area contributed by atoms with Crippen LogP contribution >= 0.6 is 0 Å². The van der Waals surface area contributed by atoms with Crippen LogP contribution in [0, 0.1) is 0 Å². The van der Waals surface area contributed by atoms with Crippen molar-refractivity contribution in [2.24, 2.45) is 5.73 Å². The number of hydrogen-bond donors (Lipinski definition) is 1. The maximum absolute atomic E-state index is 5.60. The van der Waals surface area contributed by atoms with E-state index in [0.717, 1.165) is 23.0 Å². The highest BCUT2D eigenvalue weighted by Crippen LogP contribution is 2.23. The fraction of sp³-hybridized carbons (Fsp3) is 0.385. The molecule has 1 atom stereocenters. The molecule has 0 aliphatic heterocycles. The normalized spacial score (nSPS) is 12.6. The fourth-order valence-corrected chi connectivity index (χ4v) is 1.92. The van der Waals surface area contributed by atoms with E-state index >= 15 is 0 Å². The molecule has 1 heterocycles. The molecule has 0 aliphatic carbocycles. The lowest BCUT2D eigenvalue weighted by Crippen LogP contribution is -2.31. The highest BCUT2D eigenvalue weighted by Gasteiger charge is 2.13. The minimum Gasteiger partial charge on any atom is -0.355 e. The molecular formula is C13H18N4.